The van der Waals surface area contributed by atoms with E-state index in [1.54, 1.807) is 12.1 Å². The van der Waals surface area contributed by atoms with E-state index in [2.05, 4.69) is 15.9 Å². The van der Waals surface area contributed by atoms with E-state index in [1.807, 2.05) is 36.4 Å². The zero-order chi connectivity index (χ0) is 13.7. The van der Waals surface area contributed by atoms with Gasteiger partial charge in [0.2, 0.25) is 0 Å². The predicted molar refractivity (Wildman–Crippen MR) is 76.3 cm³/mol. The van der Waals surface area contributed by atoms with Crippen molar-refractivity contribution in [2.24, 2.45) is 0 Å². The summed E-state index contributed by atoms with van der Waals surface area (Å²) in [5.74, 6) is 0.0839. The summed E-state index contributed by atoms with van der Waals surface area (Å²) >= 11 is 3.33. The van der Waals surface area contributed by atoms with E-state index in [4.69, 9.17) is 9.47 Å². The Kier molecular flexibility index (Phi) is 4.58. The minimum atomic E-state index is -0.421. The number of esters is 1. The number of halogens is 1. The molecule has 0 aliphatic carbocycles. The molecule has 0 radical (unpaired) electrons. The third-order valence-corrected chi connectivity index (χ3v) is 3.26. The second-order valence-corrected chi connectivity index (χ2v) is 4.73. The molecule has 2 rings (SSSR count). The van der Waals surface area contributed by atoms with Crippen LogP contribution in [0.3, 0.4) is 0 Å². The van der Waals surface area contributed by atoms with Crippen LogP contribution in [-0.4, -0.2) is 13.1 Å². The first kappa shape index (κ1) is 13.6. The number of benzene rings is 2. The van der Waals surface area contributed by atoms with Gasteiger partial charge in [-0.2, -0.15) is 0 Å². The van der Waals surface area contributed by atoms with Crippen LogP contribution in [0.25, 0.3) is 0 Å². The SMILES string of the molecule is COC(=O)c1c(Br)cccc1OCc1ccccc1. The molecule has 0 N–H and O–H groups in total. The number of carbonyl (C=O) groups is 1. The highest BCUT2D eigenvalue weighted by molar-refractivity contribution is 9.10. The molecule has 2 aromatic rings. The molecule has 0 bridgehead atoms. The lowest BCUT2D eigenvalue weighted by Crippen LogP contribution is -2.06. The lowest BCUT2D eigenvalue weighted by Gasteiger charge is -2.11. The standard InChI is InChI=1S/C15H13BrO3/c1-18-15(17)14-12(16)8-5-9-13(14)19-10-11-6-3-2-4-7-11/h2-9H,10H2,1H3. The molecule has 2 aromatic carbocycles. The van der Waals surface area contributed by atoms with Gasteiger partial charge in [0.05, 0.1) is 7.11 Å². The number of methoxy groups -OCH3 is 1. The fourth-order valence-electron chi connectivity index (χ4n) is 1.66. The van der Waals surface area contributed by atoms with Crippen molar-refractivity contribution in [1.82, 2.24) is 0 Å². The third kappa shape index (κ3) is 3.35. The van der Waals surface area contributed by atoms with Crippen LogP contribution in [0.5, 0.6) is 5.75 Å². The molecule has 0 amide bonds. The van der Waals surface area contributed by atoms with Crippen LogP contribution in [-0.2, 0) is 11.3 Å². The zero-order valence-electron chi connectivity index (χ0n) is 10.4. The predicted octanol–water partition coefficient (Wildman–Crippen LogP) is 3.81. The summed E-state index contributed by atoms with van der Waals surface area (Å²) in [4.78, 5) is 11.7. The lowest BCUT2D eigenvalue weighted by atomic mass is 10.2. The maximum Gasteiger partial charge on any atom is 0.342 e. The van der Waals surface area contributed by atoms with Crippen LogP contribution in [0.4, 0.5) is 0 Å². The van der Waals surface area contributed by atoms with Gasteiger partial charge in [-0.25, -0.2) is 4.79 Å². The van der Waals surface area contributed by atoms with E-state index >= 15 is 0 Å². The van der Waals surface area contributed by atoms with Gasteiger partial charge in [0, 0.05) is 4.47 Å². The average Bonchev–Trinajstić information content (AvgIpc) is 2.45. The second-order valence-electron chi connectivity index (χ2n) is 3.88. The molecule has 19 heavy (non-hydrogen) atoms. The molecule has 0 fully saturated rings. The van der Waals surface area contributed by atoms with Gasteiger partial charge in [-0.05, 0) is 33.6 Å². The Labute approximate surface area is 120 Å². The van der Waals surface area contributed by atoms with Crippen molar-refractivity contribution in [2.45, 2.75) is 6.61 Å². The highest BCUT2D eigenvalue weighted by atomic mass is 79.9. The summed E-state index contributed by atoms with van der Waals surface area (Å²) in [7, 11) is 1.35. The Hall–Kier alpha value is -1.81. The maximum atomic E-state index is 11.7. The Morgan fingerprint density at radius 3 is 2.53 bits per heavy atom. The maximum absolute atomic E-state index is 11.7. The van der Waals surface area contributed by atoms with Crippen molar-refractivity contribution in [3.05, 3.63) is 64.1 Å². The largest absolute Gasteiger partial charge is 0.488 e. The van der Waals surface area contributed by atoms with Gasteiger partial charge >= 0.3 is 5.97 Å². The van der Waals surface area contributed by atoms with Gasteiger partial charge in [0.25, 0.3) is 0 Å². The summed E-state index contributed by atoms with van der Waals surface area (Å²) in [6.07, 6.45) is 0. The molecule has 0 unspecified atom stereocenters. The molecule has 0 heterocycles. The molecular formula is C15H13BrO3. The van der Waals surface area contributed by atoms with Gasteiger partial charge in [-0.3, -0.25) is 0 Å². The van der Waals surface area contributed by atoms with E-state index in [9.17, 15) is 4.79 Å². The van der Waals surface area contributed by atoms with Crippen LogP contribution in [0.2, 0.25) is 0 Å². The van der Waals surface area contributed by atoms with Crippen LogP contribution in [0.15, 0.2) is 53.0 Å². The number of carbonyl (C=O) groups excluding carboxylic acids is 1. The molecule has 0 atom stereocenters. The van der Waals surface area contributed by atoms with Gasteiger partial charge < -0.3 is 9.47 Å². The molecule has 0 saturated carbocycles. The third-order valence-electron chi connectivity index (χ3n) is 2.60. The lowest BCUT2D eigenvalue weighted by molar-refractivity contribution is 0.0594. The fraction of sp³-hybridized carbons (Fsp3) is 0.133. The van der Waals surface area contributed by atoms with E-state index in [0.717, 1.165) is 5.56 Å². The Bertz CT molecular complexity index is 567. The summed E-state index contributed by atoms with van der Waals surface area (Å²) in [6, 6.07) is 15.1. The van der Waals surface area contributed by atoms with Crippen molar-refractivity contribution in [2.75, 3.05) is 7.11 Å². The first-order chi connectivity index (χ1) is 9.22. The topological polar surface area (TPSA) is 35.5 Å². The van der Waals surface area contributed by atoms with E-state index in [-0.39, 0.29) is 0 Å². The van der Waals surface area contributed by atoms with Crippen molar-refractivity contribution < 1.29 is 14.3 Å². The first-order valence-corrected chi connectivity index (χ1v) is 6.55. The minimum absolute atomic E-state index is 0.404. The molecule has 0 aliphatic heterocycles. The van der Waals surface area contributed by atoms with Gasteiger partial charge in [-0.1, -0.05) is 36.4 Å². The number of hydrogen-bond donors (Lipinski definition) is 0. The smallest absolute Gasteiger partial charge is 0.342 e. The zero-order valence-corrected chi connectivity index (χ0v) is 12.0. The number of rotatable bonds is 4. The fourth-order valence-corrected chi connectivity index (χ4v) is 2.17. The average molecular weight is 321 g/mol. The first-order valence-electron chi connectivity index (χ1n) is 5.76. The summed E-state index contributed by atoms with van der Waals surface area (Å²) in [5, 5.41) is 0. The summed E-state index contributed by atoms with van der Waals surface area (Å²) in [5.41, 5.74) is 1.44. The summed E-state index contributed by atoms with van der Waals surface area (Å²) < 4.78 is 11.1. The Morgan fingerprint density at radius 1 is 1.11 bits per heavy atom. The van der Waals surface area contributed by atoms with Crippen LogP contribution in [0.1, 0.15) is 15.9 Å². The summed E-state index contributed by atoms with van der Waals surface area (Å²) in [6.45, 7) is 0.404. The van der Waals surface area contributed by atoms with Crippen LogP contribution >= 0.6 is 15.9 Å². The molecule has 3 nitrogen and oxygen atoms in total. The molecule has 0 spiro atoms. The normalized spacial score (nSPS) is 10.0. The quantitative estimate of drug-likeness (QED) is 0.803. The van der Waals surface area contributed by atoms with Crippen molar-refractivity contribution in [3.63, 3.8) is 0 Å². The second kappa shape index (κ2) is 6.38. The minimum Gasteiger partial charge on any atom is -0.488 e. The molecule has 98 valence electrons. The Balaban J connectivity index is 2.21. The van der Waals surface area contributed by atoms with E-state index in [1.165, 1.54) is 7.11 Å². The van der Waals surface area contributed by atoms with Crippen molar-refractivity contribution >= 4 is 21.9 Å². The van der Waals surface area contributed by atoms with Crippen molar-refractivity contribution in [1.29, 1.82) is 0 Å². The molecule has 0 saturated heterocycles. The molecule has 0 aliphatic rings. The van der Waals surface area contributed by atoms with Gasteiger partial charge in [0.15, 0.2) is 0 Å². The Morgan fingerprint density at radius 2 is 1.84 bits per heavy atom. The monoisotopic (exact) mass is 320 g/mol. The van der Waals surface area contributed by atoms with Gasteiger partial charge in [-0.15, -0.1) is 0 Å². The van der Waals surface area contributed by atoms with E-state index in [0.29, 0.717) is 22.4 Å². The molecule has 0 aromatic heterocycles. The highest BCUT2D eigenvalue weighted by Crippen LogP contribution is 2.28. The van der Waals surface area contributed by atoms with E-state index < -0.39 is 5.97 Å². The van der Waals surface area contributed by atoms with Crippen LogP contribution in [0, 0.1) is 0 Å². The van der Waals surface area contributed by atoms with Crippen LogP contribution < -0.4 is 4.74 Å². The van der Waals surface area contributed by atoms with Gasteiger partial charge in [0.1, 0.15) is 17.9 Å². The molecular weight excluding hydrogens is 308 g/mol. The highest BCUT2D eigenvalue weighted by Gasteiger charge is 2.16. The molecule has 4 heteroatoms. The van der Waals surface area contributed by atoms with Crippen molar-refractivity contribution in [3.8, 4) is 5.75 Å². The number of hydrogen-bond acceptors (Lipinski definition) is 3. The number of ether oxygens (including phenoxy) is 2.